The molecule has 2 heterocycles. The summed E-state index contributed by atoms with van der Waals surface area (Å²) < 4.78 is 40.3. The van der Waals surface area contributed by atoms with Crippen molar-refractivity contribution in [1.82, 2.24) is 20.4 Å². The van der Waals surface area contributed by atoms with Crippen molar-refractivity contribution in [2.75, 3.05) is 24.5 Å². The van der Waals surface area contributed by atoms with Crippen molar-refractivity contribution in [2.24, 2.45) is 5.92 Å². The Hall–Kier alpha value is -3.17. The number of alkyl halides is 3. The van der Waals surface area contributed by atoms with Crippen molar-refractivity contribution in [2.45, 2.75) is 51.4 Å². The van der Waals surface area contributed by atoms with Crippen LogP contribution in [0.2, 0.25) is 0 Å². The molecule has 1 N–H and O–H groups in total. The molecule has 1 aromatic heterocycles. The first-order valence-electron chi connectivity index (χ1n) is 11.5. The Kier molecular flexibility index (Phi) is 6.77. The summed E-state index contributed by atoms with van der Waals surface area (Å²) in [6.07, 6.45) is -1.17. The van der Waals surface area contributed by atoms with Gasteiger partial charge in [-0.15, -0.1) is 10.2 Å². The quantitative estimate of drug-likeness (QED) is 0.688. The van der Waals surface area contributed by atoms with Crippen LogP contribution in [0.5, 0.6) is 0 Å². The van der Waals surface area contributed by atoms with Gasteiger partial charge in [0, 0.05) is 31.7 Å². The molecule has 182 valence electrons. The normalized spacial score (nSPS) is 20.9. The van der Waals surface area contributed by atoms with Crippen LogP contribution in [0.4, 0.5) is 19.0 Å². The molecule has 0 bridgehead atoms. The maximum atomic E-state index is 13.4. The van der Waals surface area contributed by atoms with E-state index in [1.54, 1.807) is 26.0 Å². The van der Waals surface area contributed by atoms with E-state index in [0.29, 0.717) is 25.5 Å². The molecule has 0 radical (unpaired) electrons. The van der Waals surface area contributed by atoms with Crippen LogP contribution in [0.25, 0.3) is 0 Å². The summed E-state index contributed by atoms with van der Waals surface area (Å²) in [6.45, 7) is 4.98. The third-order valence-electron chi connectivity index (χ3n) is 6.36. The number of rotatable bonds is 6. The molecule has 2 atom stereocenters. The number of carbonyl (C=O) groups excluding carboxylic acids is 2. The molecule has 0 spiro atoms. The average Bonchev–Trinajstić information content (AvgIpc) is 3.62. The zero-order chi connectivity index (χ0) is 24.5. The minimum atomic E-state index is -4.61. The highest BCUT2D eigenvalue weighted by molar-refractivity contribution is 5.96. The molecule has 1 saturated carbocycles. The van der Waals surface area contributed by atoms with Gasteiger partial charge >= 0.3 is 6.18 Å². The second-order valence-corrected chi connectivity index (χ2v) is 9.12. The predicted octanol–water partition coefficient (Wildman–Crippen LogP) is 3.76. The third-order valence-corrected chi connectivity index (χ3v) is 6.36. The van der Waals surface area contributed by atoms with Gasteiger partial charge in [0.05, 0.1) is 11.1 Å². The number of aromatic nitrogens is 2. The van der Waals surface area contributed by atoms with Crippen molar-refractivity contribution in [1.29, 1.82) is 0 Å². The van der Waals surface area contributed by atoms with Gasteiger partial charge in [0.15, 0.2) is 11.5 Å². The van der Waals surface area contributed by atoms with Gasteiger partial charge in [-0.3, -0.25) is 9.59 Å². The lowest BCUT2D eigenvalue weighted by Gasteiger charge is -2.45. The summed E-state index contributed by atoms with van der Waals surface area (Å²) >= 11 is 0. The van der Waals surface area contributed by atoms with Crippen LogP contribution in [0.15, 0.2) is 36.4 Å². The van der Waals surface area contributed by atoms with Crippen LogP contribution < -0.4 is 10.2 Å². The molecule has 2 amide bonds. The minimum absolute atomic E-state index is 0.234. The third kappa shape index (κ3) is 5.31. The molecule has 7 nitrogen and oxygen atoms in total. The molecule has 1 saturated heterocycles. The number of hydrogen-bond donors (Lipinski definition) is 1. The number of carbonyl (C=O) groups is 2. The lowest BCUT2D eigenvalue weighted by atomic mass is 10.0. The molecule has 1 aromatic carbocycles. The molecule has 1 aliphatic carbocycles. The van der Waals surface area contributed by atoms with E-state index in [1.165, 1.54) is 35.9 Å². The summed E-state index contributed by atoms with van der Waals surface area (Å²) in [4.78, 5) is 28.8. The van der Waals surface area contributed by atoms with Crippen LogP contribution in [0, 0.1) is 5.92 Å². The predicted molar refractivity (Wildman–Crippen MR) is 120 cm³/mol. The van der Waals surface area contributed by atoms with Crippen LogP contribution in [-0.2, 0) is 6.18 Å². The molecule has 34 heavy (non-hydrogen) atoms. The molecule has 10 heteroatoms. The van der Waals surface area contributed by atoms with Crippen molar-refractivity contribution in [3.63, 3.8) is 0 Å². The van der Waals surface area contributed by atoms with Gasteiger partial charge in [0.2, 0.25) is 0 Å². The Labute approximate surface area is 196 Å². The van der Waals surface area contributed by atoms with Gasteiger partial charge in [-0.1, -0.05) is 25.0 Å². The fraction of sp³-hybridized carbons (Fsp3) is 0.500. The molecule has 1 aliphatic heterocycles. The first kappa shape index (κ1) is 24.0. The van der Waals surface area contributed by atoms with Crippen LogP contribution in [-0.4, -0.2) is 58.6 Å². The Bertz CT molecular complexity index is 1030. The van der Waals surface area contributed by atoms with E-state index in [4.69, 9.17) is 0 Å². The number of benzene rings is 1. The molecule has 2 fully saturated rings. The second-order valence-electron chi connectivity index (χ2n) is 9.12. The number of hydrogen-bond acceptors (Lipinski definition) is 5. The fourth-order valence-electron chi connectivity index (χ4n) is 4.47. The first-order valence-corrected chi connectivity index (χ1v) is 11.5. The summed E-state index contributed by atoms with van der Waals surface area (Å²) in [5.74, 6) is 0.373. The van der Waals surface area contributed by atoms with E-state index in [-0.39, 0.29) is 29.2 Å². The van der Waals surface area contributed by atoms with Crippen molar-refractivity contribution >= 4 is 17.6 Å². The van der Waals surface area contributed by atoms with E-state index in [2.05, 4.69) is 15.5 Å². The van der Waals surface area contributed by atoms with Crippen molar-refractivity contribution in [3.05, 3.63) is 53.2 Å². The van der Waals surface area contributed by atoms with E-state index in [1.807, 2.05) is 4.90 Å². The van der Waals surface area contributed by atoms with E-state index < -0.39 is 17.6 Å². The SMILES string of the molecule is CC1CN(c2ccc(C(=O)NCCC3CC3)nn2)CC(C)N1C(=O)c1ccccc1C(F)(F)F. The summed E-state index contributed by atoms with van der Waals surface area (Å²) in [5.41, 5.74) is -1.05. The topological polar surface area (TPSA) is 78.4 Å². The smallest absolute Gasteiger partial charge is 0.351 e. The highest BCUT2D eigenvalue weighted by Gasteiger charge is 2.39. The van der Waals surface area contributed by atoms with E-state index in [9.17, 15) is 22.8 Å². The molecule has 2 aliphatic rings. The zero-order valence-electron chi connectivity index (χ0n) is 19.2. The Morgan fingerprint density at radius 3 is 2.29 bits per heavy atom. The number of amides is 2. The summed E-state index contributed by atoms with van der Waals surface area (Å²) in [5, 5.41) is 11.1. The van der Waals surface area contributed by atoms with Gasteiger partial charge in [-0.05, 0) is 50.5 Å². The maximum Gasteiger partial charge on any atom is 0.417 e. The van der Waals surface area contributed by atoms with Gasteiger partial charge in [0.1, 0.15) is 0 Å². The largest absolute Gasteiger partial charge is 0.417 e. The molecule has 4 rings (SSSR count). The van der Waals surface area contributed by atoms with Gasteiger partial charge in [-0.2, -0.15) is 13.2 Å². The lowest BCUT2D eigenvalue weighted by molar-refractivity contribution is -0.138. The molecule has 2 aromatic rings. The van der Waals surface area contributed by atoms with Crippen LogP contribution in [0.1, 0.15) is 59.5 Å². The Balaban J connectivity index is 1.42. The maximum absolute atomic E-state index is 13.4. The fourth-order valence-corrected chi connectivity index (χ4v) is 4.47. The molecular formula is C24H28F3N5O2. The monoisotopic (exact) mass is 475 g/mol. The minimum Gasteiger partial charge on any atom is -0.351 e. The van der Waals surface area contributed by atoms with Crippen LogP contribution in [0.3, 0.4) is 0 Å². The van der Waals surface area contributed by atoms with E-state index in [0.717, 1.165) is 18.4 Å². The van der Waals surface area contributed by atoms with Crippen molar-refractivity contribution in [3.8, 4) is 0 Å². The summed E-state index contributed by atoms with van der Waals surface area (Å²) in [7, 11) is 0. The summed E-state index contributed by atoms with van der Waals surface area (Å²) in [6, 6.07) is 7.47. The average molecular weight is 476 g/mol. The van der Waals surface area contributed by atoms with Gasteiger partial charge < -0.3 is 15.1 Å². The number of nitrogens with one attached hydrogen (secondary N) is 1. The van der Waals surface area contributed by atoms with Gasteiger partial charge in [-0.25, -0.2) is 0 Å². The standard InChI is InChI=1S/C24H28F3N5O2/c1-15-13-31(21-10-9-20(29-30-21)22(33)28-12-11-17-7-8-17)14-16(2)32(15)23(34)18-5-3-4-6-19(18)24(25,26)27/h3-6,9-10,15-17H,7-8,11-14H2,1-2H3,(H,28,33). The first-order chi connectivity index (χ1) is 16.1. The zero-order valence-corrected chi connectivity index (χ0v) is 19.2. The van der Waals surface area contributed by atoms with Gasteiger partial charge in [0.25, 0.3) is 11.8 Å². The Morgan fingerprint density at radius 2 is 1.71 bits per heavy atom. The van der Waals surface area contributed by atoms with Crippen molar-refractivity contribution < 1.29 is 22.8 Å². The van der Waals surface area contributed by atoms with E-state index >= 15 is 0 Å². The number of nitrogens with zero attached hydrogens (tertiary/aromatic N) is 4. The Morgan fingerprint density at radius 1 is 1.03 bits per heavy atom. The number of anilines is 1. The molecular weight excluding hydrogens is 447 g/mol. The number of piperazine rings is 1. The highest BCUT2D eigenvalue weighted by atomic mass is 19.4. The lowest BCUT2D eigenvalue weighted by Crippen LogP contribution is -2.59. The number of halogens is 3. The second kappa shape index (κ2) is 9.60. The molecule has 2 unspecified atom stereocenters. The highest BCUT2D eigenvalue weighted by Crippen LogP contribution is 2.34. The van der Waals surface area contributed by atoms with Crippen LogP contribution >= 0.6 is 0 Å².